The van der Waals surface area contributed by atoms with Crippen LogP contribution >= 0.6 is 0 Å². The van der Waals surface area contributed by atoms with Crippen LogP contribution in [0.15, 0.2) is 18.5 Å². The van der Waals surface area contributed by atoms with E-state index in [1.165, 1.54) is 37.9 Å². The average molecular weight is 436 g/mol. The van der Waals surface area contributed by atoms with Gasteiger partial charge in [-0.1, -0.05) is 0 Å². The molecule has 8 nitrogen and oxygen atoms in total. The Morgan fingerprint density at radius 1 is 1.29 bits per heavy atom. The van der Waals surface area contributed by atoms with Crippen LogP contribution in [0.3, 0.4) is 0 Å². The molecule has 0 amide bonds. The highest BCUT2D eigenvalue weighted by Crippen LogP contribution is 2.32. The molecular formula is C20H23F3N6O2. The molecule has 0 aromatic carbocycles. The molecule has 2 unspecified atom stereocenters. The maximum absolute atomic E-state index is 14.7. The highest BCUT2D eigenvalue weighted by Gasteiger charge is 2.28. The van der Waals surface area contributed by atoms with Crippen LogP contribution in [0.5, 0.6) is 5.75 Å². The summed E-state index contributed by atoms with van der Waals surface area (Å²) in [5.41, 5.74) is -0.937. The van der Waals surface area contributed by atoms with E-state index < -0.39 is 29.4 Å². The molecule has 0 radical (unpaired) electrons. The van der Waals surface area contributed by atoms with Gasteiger partial charge in [0.25, 0.3) is 0 Å². The number of alkyl halides is 1. The lowest BCUT2D eigenvalue weighted by molar-refractivity contribution is 0.0707. The van der Waals surface area contributed by atoms with Crippen LogP contribution in [-0.2, 0) is 5.60 Å². The third-order valence-corrected chi connectivity index (χ3v) is 5.16. The van der Waals surface area contributed by atoms with E-state index in [9.17, 15) is 18.3 Å². The van der Waals surface area contributed by atoms with Gasteiger partial charge in [-0.3, -0.25) is 0 Å². The van der Waals surface area contributed by atoms with Crippen LogP contribution in [0, 0.1) is 11.6 Å². The van der Waals surface area contributed by atoms with Crippen molar-refractivity contribution in [2.24, 2.45) is 0 Å². The molecule has 0 spiro atoms. The van der Waals surface area contributed by atoms with Crippen molar-refractivity contribution in [3.63, 3.8) is 0 Å². The molecule has 4 rings (SSSR count). The summed E-state index contributed by atoms with van der Waals surface area (Å²) in [6.07, 6.45) is 1.94. The zero-order valence-corrected chi connectivity index (χ0v) is 17.3. The topological polar surface area (TPSA) is 96.6 Å². The molecule has 31 heavy (non-hydrogen) atoms. The first-order valence-corrected chi connectivity index (χ1v) is 9.82. The van der Waals surface area contributed by atoms with Crippen molar-refractivity contribution < 1.29 is 23.0 Å². The predicted molar refractivity (Wildman–Crippen MR) is 108 cm³/mol. The van der Waals surface area contributed by atoms with Crippen molar-refractivity contribution in [1.82, 2.24) is 24.9 Å². The summed E-state index contributed by atoms with van der Waals surface area (Å²) in [5, 5.41) is 20.3. The summed E-state index contributed by atoms with van der Waals surface area (Å²) in [4.78, 5) is 8.49. The number of hydrogen-bond donors (Lipinski definition) is 3. The summed E-state index contributed by atoms with van der Waals surface area (Å²) in [5.74, 6) is -1.81. The molecule has 4 heterocycles. The van der Waals surface area contributed by atoms with Gasteiger partial charge in [0.05, 0.1) is 31.1 Å². The van der Waals surface area contributed by atoms with E-state index in [1.54, 1.807) is 0 Å². The molecular weight excluding hydrogens is 413 g/mol. The molecule has 0 aliphatic carbocycles. The molecule has 166 valence electrons. The summed E-state index contributed by atoms with van der Waals surface area (Å²) >= 11 is 0. The molecule has 3 aromatic heterocycles. The fourth-order valence-corrected chi connectivity index (χ4v) is 3.55. The molecule has 11 heteroatoms. The fourth-order valence-electron chi connectivity index (χ4n) is 3.55. The Bertz CT molecular complexity index is 1110. The number of hydrogen-bond acceptors (Lipinski definition) is 7. The number of piperidine rings is 1. The first-order chi connectivity index (χ1) is 14.7. The summed E-state index contributed by atoms with van der Waals surface area (Å²) in [6.45, 7) is 3.90. The maximum atomic E-state index is 14.7. The molecule has 1 aliphatic heterocycles. The van der Waals surface area contributed by atoms with Gasteiger partial charge in [0.1, 0.15) is 23.2 Å². The minimum absolute atomic E-state index is 0.187. The van der Waals surface area contributed by atoms with Gasteiger partial charge in [0.15, 0.2) is 28.8 Å². The van der Waals surface area contributed by atoms with E-state index >= 15 is 0 Å². The Morgan fingerprint density at radius 2 is 2.06 bits per heavy atom. The quantitative estimate of drug-likeness (QED) is 0.565. The van der Waals surface area contributed by atoms with Crippen LogP contribution in [-0.4, -0.2) is 57.1 Å². The SMILES string of the molecule is COc1cn2ncc(-c3nc(NC4CNCCC4F)c(F)cc3F)c2nc1C(C)(C)O. The number of nitrogens with one attached hydrogen (secondary N) is 2. The second-order valence-corrected chi connectivity index (χ2v) is 7.95. The minimum Gasteiger partial charge on any atom is -0.493 e. The number of methoxy groups -OCH3 is 1. The van der Waals surface area contributed by atoms with Crippen molar-refractivity contribution in [2.45, 2.75) is 38.1 Å². The van der Waals surface area contributed by atoms with Crippen molar-refractivity contribution in [2.75, 3.05) is 25.5 Å². The van der Waals surface area contributed by atoms with E-state index in [0.29, 0.717) is 24.9 Å². The Hall–Kier alpha value is -2.92. The van der Waals surface area contributed by atoms with E-state index in [-0.39, 0.29) is 34.8 Å². The smallest absolute Gasteiger partial charge is 0.168 e. The number of ether oxygens (including phenoxy) is 1. The Balaban J connectivity index is 1.80. The van der Waals surface area contributed by atoms with Crippen molar-refractivity contribution in [3.05, 3.63) is 35.8 Å². The highest BCUT2D eigenvalue weighted by molar-refractivity contribution is 5.76. The monoisotopic (exact) mass is 436 g/mol. The molecule has 1 fully saturated rings. The third kappa shape index (κ3) is 4.02. The second kappa shape index (κ2) is 7.97. The lowest BCUT2D eigenvalue weighted by Gasteiger charge is -2.28. The number of aliphatic hydroxyl groups is 1. The van der Waals surface area contributed by atoms with Gasteiger partial charge < -0.3 is 20.5 Å². The van der Waals surface area contributed by atoms with E-state index in [2.05, 4.69) is 25.7 Å². The molecule has 1 aliphatic rings. The zero-order chi connectivity index (χ0) is 22.3. The van der Waals surface area contributed by atoms with Gasteiger partial charge >= 0.3 is 0 Å². The van der Waals surface area contributed by atoms with Gasteiger partial charge in [0.2, 0.25) is 0 Å². The van der Waals surface area contributed by atoms with Crippen LogP contribution in [0.2, 0.25) is 0 Å². The van der Waals surface area contributed by atoms with Gasteiger partial charge in [-0.05, 0) is 26.8 Å². The molecule has 3 N–H and O–H groups in total. The number of nitrogens with zero attached hydrogens (tertiary/aromatic N) is 4. The predicted octanol–water partition coefficient (Wildman–Crippen LogP) is 2.42. The number of pyridine rings is 1. The Labute approximate surface area is 176 Å². The average Bonchev–Trinajstić information content (AvgIpc) is 3.12. The van der Waals surface area contributed by atoms with Crippen LogP contribution in [0.4, 0.5) is 19.0 Å². The molecule has 2 atom stereocenters. The Morgan fingerprint density at radius 3 is 2.74 bits per heavy atom. The summed E-state index contributed by atoms with van der Waals surface area (Å²) in [6, 6.07) is 0.0000759. The van der Waals surface area contributed by atoms with Gasteiger partial charge in [-0.2, -0.15) is 5.10 Å². The standard InChI is InChI=1S/C20H23F3N6O2/c1-20(2,30)17-15(31-3)9-29-19(28-17)10(7-25-29)16-12(22)6-13(23)18(27-16)26-14-8-24-5-4-11(14)21/h6-7,9,11,14,24,30H,4-5,8H2,1-3H3,(H,26,27). The normalized spacial score (nSPS) is 19.6. The summed E-state index contributed by atoms with van der Waals surface area (Å²) < 4.78 is 49.9. The third-order valence-electron chi connectivity index (χ3n) is 5.16. The molecule has 1 saturated heterocycles. The van der Waals surface area contributed by atoms with E-state index in [1.807, 2.05) is 0 Å². The lowest BCUT2D eigenvalue weighted by atomic mass is 10.0. The lowest BCUT2D eigenvalue weighted by Crippen LogP contribution is -2.46. The number of fused-ring (bicyclic) bond motifs is 1. The van der Waals surface area contributed by atoms with Crippen molar-refractivity contribution in [3.8, 4) is 17.0 Å². The first kappa shape index (κ1) is 21.3. The Kier molecular flexibility index (Phi) is 5.48. The van der Waals surface area contributed by atoms with Gasteiger partial charge in [-0.15, -0.1) is 0 Å². The van der Waals surface area contributed by atoms with Gasteiger partial charge in [0, 0.05) is 12.6 Å². The molecule has 3 aromatic rings. The number of anilines is 1. The van der Waals surface area contributed by atoms with Crippen LogP contribution < -0.4 is 15.4 Å². The number of aromatic nitrogens is 4. The van der Waals surface area contributed by atoms with Crippen molar-refractivity contribution in [1.29, 1.82) is 0 Å². The number of rotatable bonds is 5. The maximum Gasteiger partial charge on any atom is 0.168 e. The molecule has 0 saturated carbocycles. The number of halogens is 3. The summed E-state index contributed by atoms with van der Waals surface area (Å²) in [7, 11) is 1.43. The minimum atomic E-state index is -1.35. The molecule has 0 bridgehead atoms. The van der Waals surface area contributed by atoms with Crippen molar-refractivity contribution >= 4 is 11.5 Å². The van der Waals surface area contributed by atoms with Crippen LogP contribution in [0.1, 0.15) is 26.0 Å². The van der Waals surface area contributed by atoms with Gasteiger partial charge in [-0.25, -0.2) is 27.7 Å². The zero-order valence-electron chi connectivity index (χ0n) is 17.3. The first-order valence-electron chi connectivity index (χ1n) is 9.82. The fraction of sp³-hybridized carbons (Fsp3) is 0.450. The highest BCUT2D eigenvalue weighted by atomic mass is 19.1. The van der Waals surface area contributed by atoms with E-state index in [0.717, 1.165) is 0 Å². The second-order valence-electron chi connectivity index (χ2n) is 7.95. The largest absolute Gasteiger partial charge is 0.493 e. The van der Waals surface area contributed by atoms with E-state index in [4.69, 9.17) is 4.74 Å². The van der Waals surface area contributed by atoms with Crippen LogP contribution in [0.25, 0.3) is 16.9 Å².